The molecule has 0 N–H and O–H groups in total. The van der Waals surface area contributed by atoms with E-state index in [9.17, 15) is 0 Å². The molecule has 0 amide bonds. The Morgan fingerprint density at radius 3 is 1.74 bits per heavy atom. The van der Waals surface area contributed by atoms with E-state index in [1.807, 2.05) is 6.20 Å². The van der Waals surface area contributed by atoms with Gasteiger partial charge in [-0.3, -0.25) is 4.98 Å². The van der Waals surface area contributed by atoms with Crippen LogP contribution in [-0.4, -0.2) is 24.9 Å². The zero-order chi connectivity index (χ0) is 29.5. The lowest BCUT2D eigenvalue weighted by molar-refractivity contribution is 0.867. The van der Waals surface area contributed by atoms with E-state index in [-0.39, 0.29) is 0 Å². The molecule has 0 spiro atoms. The molecule has 0 bridgehead atoms. The summed E-state index contributed by atoms with van der Waals surface area (Å²) in [6.45, 7) is 4.53. The molecule has 6 aromatic rings. The summed E-state index contributed by atoms with van der Waals surface area (Å²) < 4.78 is 2.42. The summed E-state index contributed by atoms with van der Waals surface area (Å²) in [6, 6.07) is 53.1. The number of benzene rings is 5. The van der Waals surface area contributed by atoms with E-state index < -0.39 is 8.07 Å². The predicted octanol–water partition coefficient (Wildman–Crippen LogP) is 5.98. The lowest BCUT2D eigenvalue weighted by atomic mass is 9.65. The largest absolute Gasteiger partial charge is 0.345 e. The summed E-state index contributed by atoms with van der Waals surface area (Å²) in [5.74, 6) is 0.492. The van der Waals surface area contributed by atoms with Crippen molar-refractivity contribution in [2.24, 2.45) is 0 Å². The van der Waals surface area contributed by atoms with E-state index in [0.717, 1.165) is 19.2 Å². The number of nitrogens with zero attached hydrogens (tertiary/aromatic N) is 2. The molecule has 0 radical (unpaired) electrons. The molecule has 0 aliphatic heterocycles. The van der Waals surface area contributed by atoms with Crippen LogP contribution in [0.3, 0.4) is 0 Å². The van der Waals surface area contributed by atoms with Crippen LogP contribution < -0.4 is 21.3 Å². The molecule has 6 rings (SSSR count). The third-order valence-corrected chi connectivity index (χ3v) is 13.2. The second-order valence-electron chi connectivity index (χ2n) is 11.5. The van der Waals surface area contributed by atoms with Gasteiger partial charge in [0.1, 0.15) is 0 Å². The second-order valence-corrected chi connectivity index (χ2v) is 15.4. The quantitative estimate of drug-likeness (QED) is 0.112. The maximum Gasteiger partial charge on any atom is 0.239 e. The summed E-state index contributed by atoms with van der Waals surface area (Å²) in [5.41, 5.74) is 6.12. The molecule has 0 aliphatic rings. The van der Waals surface area contributed by atoms with E-state index in [1.54, 1.807) is 0 Å². The van der Waals surface area contributed by atoms with E-state index in [4.69, 9.17) is 4.98 Å². The van der Waals surface area contributed by atoms with Crippen LogP contribution in [0.5, 0.6) is 0 Å². The summed E-state index contributed by atoms with van der Waals surface area (Å²) in [4.78, 5) is 4.97. The van der Waals surface area contributed by atoms with Crippen LogP contribution in [0.2, 0.25) is 0 Å². The first-order valence-corrected chi connectivity index (χ1v) is 17.4. The van der Waals surface area contributed by atoms with Crippen molar-refractivity contribution in [3.05, 3.63) is 175 Å². The Bertz CT molecular complexity index is 1720. The van der Waals surface area contributed by atoms with Crippen molar-refractivity contribution in [1.29, 1.82) is 0 Å². The van der Waals surface area contributed by atoms with E-state index in [1.165, 1.54) is 37.7 Å². The first kappa shape index (κ1) is 28.5. The van der Waals surface area contributed by atoms with Gasteiger partial charge in [0.05, 0.1) is 5.72 Å². The Balaban J connectivity index is 1.48. The minimum Gasteiger partial charge on any atom is -0.345 e. The van der Waals surface area contributed by atoms with E-state index in [0.29, 0.717) is 5.92 Å². The van der Waals surface area contributed by atoms with E-state index in [2.05, 4.69) is 176 Å². The molecule has 5 aromatic carbocycles. The Labute approximate surface area is 257 Å². The fourth-order valence-electron chi connectivity index (χ4n) is 6.09. The molecule has 210 valence electrons. The lowest BCUT2D eigenvalue weighted by Crippen LogP contribution is -2.70. The monoisotopic (exact) mass is 572 g/mol. The van der Waals surface area contributed by atoms with Crippen LogP contribution in [0.25, 0.3) is 11.5 Å². The van der Waals surface area contributed by atoms with Crippen LogP contribution in [0.15, 0.2) is 158 Å². The van der Waals surface area contributed by atoms with Crippen molar-refractivity contribution in [2.45, 2.75) is 25.9 Å². The van der Waals surface area contributed by atoms with Gasteiger partial charge >= 0.3 is 0 Å². The summed E-state index contributed by atoms with van der Waals surface area (Å²) in [5, 5.41) is 4.22. The predicted molar refractivity (Wildman–Crippen MR) is 188 cm³/mol. The average molecular weight is 573 g/mol. The highest BCUT2D eigenvalue weighted by Gasteiger charge is 2.40. The Morgan fingerprint density at radius 2 is 1.19 bits per heavy atom. The van der Waals surface area contributed by atoms with Crippen molar-refractivity contribution in [3.63, 3.8) is 0 Å². The number of imidazole rings is 1. The molecule has 1 aromatic heterocycles. The zero-order valence-corrected chi connectivity index (χ0v) is 26.0. The van der Waals surface area contributed by atoms with Crippen molar-refractivity contribution in [1.82, 2.24) is 9.55 Å². The molecule has 0 saturated heterocycles. The number of aromatic nitrogens is 2. The fourth-order valence-corrected chi connectivity index (χ4v) is 10.7. The summed E-state index contributed by atoms with van der Waals surface area (Å²) in [7, 11) is -1.78. The molecule has 43 heavy (non-hydrogen) atoms. The standard InChI is InChI=1S/C39H37BN2Si/c1-31(2)33-23-25-37(26-24-33)43(35-19-11-5-12-20-35,36-21-13-6-14-22-36)30-42-28-27-41-39(42)40-38(34-17-9-4-10-18-34)29-32-15-7-3-8-16-32/h3-29,31,40H,30H2,1-2H3. The van der Waals surface area contributed by atoms with Gasteiger partial charge in [-0.25, -0.2) is 0 Å². The maximum atomic E-state index is 4.97. The maximum absolute atomic E-state index is 4.97. The molecular formula is C39H37BN2Si. The molecule has 4 heteroatoms. The van der Waals surface area contributed by atoms with Crippen LogP contribution in [-0.2, 0) is 6.17 Å². The van der Waals surface area contributed by atoms with Crippen LogP contribution in [0, 0.1) is 0 Å². The smallest absolute Gasteiger partial charge is 0.239 e. The Hall–Kier alpha value is -4.67. The Morgan fingerprint density at radius 1 is 0.674 bits per heavy atom. The molecular weight excluding hydrogens is 535 g/mol. The third-order valence-electron chi connectivity index (χ3n) is 8.45. The van der Waals surface area contributed by atoms with Crippen molar-refractivity contribution >= 4 is 48.2 Å². The van der Waals surface area contributed by atoms with Gasteiger partial charge in [0, 0.05) is 18.6 Å². The van der Waals surface area contributed by atoms with Crippen LogP contribution in [0.4, 0.5) is 0 Å². The molecule has 1 heterocycles. The van der Waals surface area contributed by atoms with Gasteiger partial charge in [0.2, 0.25) is 7.28 Å². The average Bonchev–Trinajstić information content (AvgIpc) is 3.51. The van der Waals surface area contributed by atoms with Gasteiger partial charge < -0.3 is 4.57 Å². The molecule has 0 fully saturated rings. The molecule has 0 unspecified atom stereocenters. The van der Waals surface area contributed by atoms with E-state index >= 15 is 0 Å². The molecule has 0 aliphatic carbocycles. The van der Waals surface area contributed by atoms with Crippen LogP contribution >= 0.6 is 0 Å². The van der Waals surface area contributed by atoms with Crippen molar-refractivity contribution in [3.8, 4) is 0 Å². The molecule has 0 atom stereocenters. The first-order valence-electron chi connectivity index (χ1n) is 15.2. The van der Waals surface area contributed by atoms with Crippen molar-refractivity contribution in [2.75, 3.05) is 0 Å². The van der Waals surface area contributed by atoms with Gasteiger partial charge in [0.15, 0.2) is 8.07 Å². The minimum absolute atomic E-state index is 0.492. The topological polar surface area (TPSA) is 17.8 Å². The number of rotatable bonds is 10. The Kier molecular flexibility index (Phi) is 8.67. The van der Waals surface area contributed by atoms with Gasteiger partial charge in [-0.1, -0.05) is 171 Å². The number of hydrogen-bond acceptors (Lipinski definition) is 1. The molecule has 0 saturated carbocycles. The minimum atomic E-state index is -2.52. The normalized spacial score (nSPS) is 11.9. The summed E-state index contributed by atoms with van der Waals surface area (Å²) in [6.07, 6.45) is 7.32. The lowest BCUT2D eigenvalue weighted by Gasteiger charge is -2.35. The van der Waals surface area contributed by atoms with Crippen LogP contribution in [0.1, 0.15) is 36.5 Å². The highest BCUT2D eigenvalue weighted by atomic mass is 28.3. The SMILES string of the molecule is CC(C)c1ccc([Si](Cn2ccnc2BC(=Cc2ccccc2)c2ccccc2)(c2ccccc2)c2ccccc2)cc1. The zero-order valence-electron chi connectivity index (χ0n) is 25.0. The van der Waals surface area contributed by atoms with Gasteiger partial charge in [-0.15, -0.1) is 0 Å². The molecule has 2 nitrogen and oxygen atoms in total. The fraction of sp³-hybridized carbons (Fsp3) is 0.103. The highest BCUT2D eigenvalue weighted by Crippen LogP contribution is 2.19. The van der Waals surface area contributed by atoms with Gasteiger partial charge in [-0.05, 0) is 38.2 Å². The van der Waals surface area contributed by atoms with Gasteiger partial charge in [-0.2, -0.15) is 0 Å². The second kappa shape index (κ2) is 13.1. The third kappa shape index (κ3) is 6.25. The highest BCUT2D eigenvalue weighted by molar-refractivity contribution is 7.10. The van der Waals surface area contributed by atoms with Gasteiger partial charge in [0.25, 0.3) is 0 Å². The summed E-state index contributed by atoms with van der Waals surface area (Å²) >= 11 is 0. The van der Waals surface area contributed by atoms with Crippen molar-refractivity contribution < 1.29 is 0 Å². The first-order chi connectivity index (χ1) is 21.1. The number of hydrogen-bond donors (Lipinski definition) is 0.